The summed E-state index contributed by atoms with van der Waals surface area (Å²) in [5, 5.41) is 7.69. The van der Waals surface area contributed by atoms with Crippen LogP contribution in [0.2, 0.25) is 0 Å². The maximum absolute atomic E-state index is 4.27. The van der Waals surface area contributed by atoms with E-state index in [0.29, 0.717) is 12.0 Å². The van der Waals surface area contributed by atoms with E-state index >= 15 is 0 Å². The molecule has 18 heavy (non-hydrogen) atoms. The maximum Gasteiger partial charge on any atom is 0.0829 e. The van der Waals surface area contributed by atoms with E-state index in [9.17, 15) is 0 Å². The SMILES string of the molecule is CCCCCCCC(NC)c1snnc1C(C)C. The second kappa shape index (κ2) is 8.59. The Bertz CT molecular complexity index is 323. The molecule has 0 aliphatic rings. The predicted molar refractivity (Wildman–Crippen MR) is 79.2 cm³/mol. The van der Waals surface area contributed by atoms with Crippen LogP contribution in [0.5, 0.6) is 0 Å². The fourth-order valence-corrected chi connectivity index (χ4v) is 3.15. The molecule has 0 bridgehead atoms. The van der Waals surface area contributed by atoms with E-state index < -0.39 is 0 Å². The topological polar surface area (TPSA) is 37.8 Å². The van der Waals surface area contributed by atoms with Crippen molar-refractivity contribution in [2.24, 2.45) is 0 Å². The number of hydrogen-bond donors (Lipinski definition) is 1. The van der Waals surface area contributed by atoms with Crippen LogP contribution >= 0.6 is 11.5 Å². The van der Waals surface area contributed by atoms with Gasteiger partial charge in [0.05, 0.1) is 10.6 Å². The highest BCUT2D eigenvalue weighted by Crippen LogP contribution is 2.29. The van der Waals surface area contributed by atoms with Crippen molar-refractivity contribution in [1.29, 1.82) is 0 Å². The standard InChI is InChI=1S/C14H27N3S/c1-5-6-7-8-9-10-12(15-4)14-13(11(2)3)16-17-18-14/h11-12,15H,5-10H2,1-4H3. The Morgan fingerprint density at radius 3 is 2.50 bits per heavy atom. The Labute approximate surface area is 116 Å². The summed E-state index contributed by atoms with van der Waals surface area (Å²) in [6.45, 7) is 6.64. The zero-order valence-electron chi connectivity index (χ0n) is 12.2. The summed E-state index contributed by atoms with van der Waals surface area (Å²) in [6, 6.07) is 0.434. The minimum atomic E-state index is 0.434. The second-order valence-electron chi connectivity index (χ2n) is 5.22. The van der Waals surface area contributed by atoms with E-state index in [-0.39, 0.29) is 0 Å². The van der Waals surface area contributed by atoms with Crippen LogP contribution in [0.15, 0.2) is 0 Å². The number of unbranched alkanes of at least 4 members (excludes halogenated alkanes) is 4. The van der Waals surface area contributed by atoms with Crippen LogP contribution in [-0.4, -0.2) is 16.6 Å². The lowest BCUT2D eigenvalue weighted by molar-refractivity contribution is 0.501. The summed E-state index contributed by atoms with van der Waals surface area (Å²) in [5.74, 6) is 0.467. The molecule has 4 heteroatoms. The van der Waals surface area contributed by atoms with Crippen LogP contribution in [0.3, 0.4) is 0 Å². The molecule has 104 valence electrons. The molecular formula is C14H27N3S. The van der Waals surface area contributed by atoms with E-state index in [2.05, 4.69) is 35.7 Å². The second-order valence-corrected chi connectivity index (χ2v) is 6.01. The third-order valence-electron chi connectivity index (χ3n) is 3.35. The van der Waals surface area contributed by atoms with Gasteiger partial charge in [0.1, 0.15) is 0 Å². The average Bonchev–Trinajstić information content (AvgIpc) is 2.83. The van der Waals surface area contributed by atoms with E-state index in [4.69, 9.17) is 0 Å². The molecule has 0 aliphatic heterocycles. The molecule has 0 aromatic carbocycles. The van der Waals surface area contributed by atoms with Gasteiger partial charge in [-0.1, -0.05) is 57.4 Å². The molecule has 0 saturated heterocycles. The van der Waals surface area contributed by atoms with Gasteiger partial charge in [-0.25, -0.2) is 0 Å². The van der Waals surface area contributed by atoms with E-state index in [1.165, 1.54) is 49.1 Å². The molecule has 0 spiro atoms. The fourth-order valence-electron chi connectivity index (χ4n) is 2.21. The highest BCUT2D eigenvalue weighted by molar-refractivity contribution is 7.05. The Morgan fingerprint density at radius 1 is 1.17 bits per heavy atom. The molecule has 3 nitrogen and oxygen atoms in total. The summed E-state index contributed by atoms with van der Waals surface area (Å²) >= 11 is 1.56. The minimum Gasteiger partial charge on any atom is -0.312 e. The van der Waals surface area contributed by atoms with Crippen molar-refractivity contribution in [3.63, 3.8) is 0 Å². The molecule has 0 aliphatic carbocycles. The first-order valence-corrected chi connectivity index (χ1v) is 7.97. The van der Waals surface area contributed by atoms with Crippen LogP contribution < -0.4 is 5.32 Å². The highest BCUT2D eigenvalue weighted by atomic mass is 32.1. The molecule has 1 N–H and O–H groups in total. The molecule has 1 unspecified atom stereocenters. The molecule has 1 rings (SSSR count). The van der Waals surface area contributed by atoms with Gasteiger partial charge >= 0.3 is 0 Å². The number of rotatable bonds is 9. The van der Waals surface area contributed by atoms with Gasteiger partial charge in [-0.3, -0.25) is 0 Å². The molecule has 0 saturated carbocycles. The smallest absolute Gasteiger partial charge is 0.0829 e. The van der Waals surface area contributed by atoms with E-state index in [0.717, 1.165) is 0 Å². The largest absolute Gasteiger partial charge is 0.312 e. The molecular weight excluding hydrogens is 242 g/mol. The number of aromatic nitrogens is 2. The molecule has 1 aromatic rings. The summed E-state index contributed by atoms with van der Waals surface area (Å²) in [5.41, 5.74) is 1.17. The molecule has 0 fully saturated rings. The predicted octanol–water partition coefficient (Wildman–Crippen LogP) is 4.28. The lowest BCUT2D eigenvalue weighted by atomic mass is 10.0. The molecule has 1 aromatic heterocycles. The van der Waals surface area contributed by atoms with Gasteiger partial charge in [-0.2, -0.15) is 0 Å². The first-order chi connectivity index (χ1) is 8.70. The van der Waals surface area contributed by atoms with Crippen molar-refractivity contribution < 1.29 is 0 Å². The summed E-state index contributed by atoms with van der Waals surface area (Å²) < 4.78 is 4.12. The highest BCUT2D eigenvalue weighted by Gasteiger charge is 2.19. The van der Waals surface area contributed by atoms with Gasteiger partial charge in [0, 0.05) is 6.04 Å². The zero-order valence-corrected chi connectivity index (χ0v) is 13.0. The Hall–Kier alpha value is -0.480. The van der Waals surface area contributed by atoms with Gasteiger partial charge < -0.3 is 5.32 Å². The summed E-state index contributed by atoms with van der Waals surface area (Å²) in [7, 11) is 2.04. The zero-order chi connectivity index (χ0) is 13.4. The Balaban J connectivity index is 2.47. The monoisotopic (exact) mass is 269 g/mol. The minimum absolute atomic E-state index is 0.434. The maximum atomic E-state index is 4.27. The van der Waals surface area contributed by atoms with Crippen molar-refractivity contribution in [1.82, 2.24) is 14.9 Å². The van der Waals surface area contributed by atoms with Crippen molar-refractivity contribution in [3.8, 4) is 0 Å². The van der Waals surface area contributed by atoms with Crippen LogP contribution in [0.1, 0.15) is 81.8 Å². The Morgan fingerprint density at radius 2 is 1.89 bits per heavy atom. The molecule has 0 radical (unpaired) electrons. The summed E-state index contributed by atoms with van der Waals surface area (Å²) in [4.78, 5) is 1.34. The van der Waals surface area contributed by atoms with Crippen molar-refractivity contribution in [2.75, 3.05) is 7.05 Å². The van der Waals surface area contributed by atoms with Crippen LogP contribution in [0, 0.1) is 0 Å². The van der Waals surface area contributed by atoms with Gasteiger partial charge in [-0.05, 0) is 30.9 Å². The van der Waals surface area contributed by atoms with Crippen molar-refractivity contribution >= 4 is 11.5 Å². The first kappa shape index (κ1) is 15.6. The molecule has 0 amide bonds. The van der Waals surface area contributed by atoms with E-state index in [1.807, 2.05) is 7.05 Å². The van der Waals surface area contributed by atoms with Gasteiger partial charge in [0.15, 0.2) is 0 Å². The lowest BCUT2D eigenvalue weighted by Gasteiger charge is -2.16. The number of hydrogen-bond acceptors (Lipinski definition) is 4. The van der Waals surface area contributed by atoms with Crippen molar-refractivity contribution in [2.45, 2.75) is 71.3 Å². The third kappa shape index (κ3) is 4.65. The molecule has 1 heterocycles. The lowest BCUT2D eigenvalue weighted by Crippen LogP contribution is -2.17. The normalized spacial score (nSPS) is 13.2. The summed E-state index contributed by atoms with van der Waals surface area (Å²) in [6.07, 6.45) is 7.88. The first-order valence-electron chi connectivity index (χ1n) is 7.20. The van der Waals surface area contributed by atoms with Crippen LogP contribution in [0.4, 0.5) is 0 Å². The Kier molecular flexibility index (Phi) is 7.44. The van der Waals surface area contributed by atoms with Crippen molar-refractivity contribution in [3.05, 3.63) is 10.6 Å². The van der Waals surface area contributed by atoms with Gasteiger partial charge in [0.2, 0.25) is 0 Å². The third-order valence-corrected chi connectivity index (χ3v) is 4.20. The quantitative estimate of drug-likeness (QED) is 0.680. The fraction of sp³-hybridized carbons (Fsp3) is 0.857. The van der Waals surface area contributed by atoms with Crippen LogP contribution in [-0.2, 0) is 0 Å². The van der Waals surface area contributed by atoms with E-state index in [1.54, 1.807) is 11.5 Å². The number of nitrogens with one attached hydrogen (secondary N) is 1. The van der Waals surface area contributed by atoms with Gasteiger partial charge in [0.25, 0.3) is 0 Å². The van der Waals surface area contributed by atoms with Gasteiger partial charge in [-0.15, -0.1) is 5.10 Å². The van der Waals surface area contributed by atoms with Crippen LogP contribution in [0.25, 0.3) is 0 Å². The average molecular weight is 269 g/mol. The number of nitrogens with zero attached hydrogens (tertiary/aromatic N) is 2. The molecule has 1 atom stereocenters.